The maximum atomic E-state index is 12.2. The van der Waals surface area contributed by atoms with Crippen LogP contribution in [-0.2, 0) is 11.3 Å². The summed E-state index contributed by atoms with van der Waals surface area (Å²) in [6, 6.07) is 1.79. The van der Waals surface area contributed by atoms with Gasteiger partial charge in [0.1, 0.15) is 5.76 Å². The summed E-state index contributed by atoms with van der Waals surface area (Å²) in [4.78, 5) is 25.5. The first-order chi connectivity index (χ1) is 9.82. The van der Waals surface area contributed by atoms with Crippen molar-refractivity contribution in [2.75, 3.05) is 6.54 Å². The van der Waals surface area contributed by atoms with Gasteiger partial charge < -0.3 is 9.32 Å². The number of nitrogen functional groups attached to an aromatic ring is 1. The van der Waals surface area contributed by atoms with Crippen LogP contribution in [0.15, 0.2) is 10.5 Å². The third kappa shape index (κ3) is 3.64. The van der Waals surface area contributed by atoms with Gasteiger partial charge in [0.25, 0.3) is 0 Å². The van der Waals surface area contributed by atoms with Crippen LogP contribution in [0, 0.1) is 12.3 Å². The van der Waals surface area contributed by atoms with Crippen molar-refractivity contribution in [2.24, 2.45) is 11.3 Å². The van der Waals surface area contributed by atoms with Crippen LogP contribution in [0.2, 0.25) is 0 Å². The zero-order valence-corrected chi connectivity index (χ0v) is 12.9. The van der Waals surface area contributed by atoms with Gasteiger partial charge in [0.15, 0.2) is 5.76 Å². The van der Waals surface area contributed by atoms with E-state index >= 15 is 0 Å². The molecule has 2 heterocycles. The Balaban J connectivity index is 2.10. The summed E-state index contributed by atoms with van der Waals surface area (Å²) in [6.45, 7) is 7.26. The highest BCUT2D eigenvalue weighted by atomic mass is 16.4. The quantitative estimate of drug-likeness (QED) is 0.504. The Labute approximate surface area is 124 Å². The van der Waals surface area contributed by atoms with E-state index in [1.165, 1.54) is 0 Å². The van der Waals surface area contributed by atoms with Crippen LogP contribution in [0.25, 0.3) is 0 Å². The van der Waals surface area contributed by atoms with E-state index in [1.807, 2.05) is 0 Å². The van der Waals surface area contributed by atoms with Crippen molar-refractivity contribution in [1.82, 2.24) is 10.3 Å². The largest absolute Gasteiger partial charge is 0.454 e. The van der Waals surface area contributed by atoms with Crippen molar-refractivity contribution in [3.8, 4) is 0 Å². The van der Waals surface area contributed by atoms with Gasteiger partial charge in [0, 0.05) is 18.5 Å². The Morgan fingerprint density at radius 1 is 1.48 bits per heavy atom. The molecular formula is C15H23N3O3. The molecule has 1 saturated heterocycles. The van der Waals surface area contributed by atoms with E-state index in [2.05, 4.69) is 19.3 Å². The monoisotopic (exact) mass is 293 g/mol. The van der Waals surface area contributed by atoms with E-state index in [0.717, 1.165) is 18.4 Å². The van der Waals surface area contributed by atoms with E-state index in [4.69, 9.17) is 10.3 Å². The van der Waals surface area contributed by atoms with Crippen molar-refractivity contribution in [2.45, 2.75) is 46.6 Å². The zero-order valence-electron chi connectivity index (χ0n) is 12.9. The predicted octanol–water partition coefficient (Wildman–Crippen LogP) is 1.73. The second-order valence-electron chi connectivity index (χ2n) is 6.43. The number of nitrogens with two attached hydrogens (primary N) is 1. The number of nitrogens with zero attached hydrogens (tertiary/aromatic N) is 1. The average Bonchev–Trinajstić information content (AvgIpc) is 2.74. The van der Waals surface area contributed by atoms with Crippen LogP contribution in [-0.4, -0.2) is 23.3 Å². The van der Waals surface area contributed by atoms with Crippen LogP contribution in [0.3, 0.4) is 0 Å². The number of aryl methyl sites for hydroxylation is 1. The maximum absolute atomic E-state index is 12.2. The molecule has 21 heavy (non-hydrogen) atoms. The van der Waals surface area contributed by atoms with Gasteiger partial charge >= 0.3 is 5.91 Å². The normalized spacial score (nSPS) is 18.5. The first-order valence-corrected chi connectivity index (χ1v) is 7.20. The highest BCUT2D eigenvalue weighted by Crippen LogP contribution is 2.31. The van der Waals surface area contributed by atoms with Gasteiger partial charge in [-0.15, -0.1) is 0 Å². The maximum Gasteiger partial charge on any atom is 0.301 e. The molecule has 3 N–H and O–H groups in total. The zero-order chi connectivity index (χ0) is 15.6. The Bertz CT molecular complexity index is 548. The number of hydrogen-bond donors (Lipinski definition) is 2. The average molecular weight is 293 g/mol. The molecular weight excluding hydrogens is 270 g/mol. The molecule has 1 aromatic rings. The third-order valence-corrected chi connectivity index (χ3v) is 4.08. The molecule has 0 saturated carbocycles. The lowest BCUT2D eigenvalue weighted by Gasteiger charge is -2.22. The molecule has 2 rings (SSSR count). The van der Waals surface area contributed by atoms with Gasteiger partial charge in [-0.2, -0.15) is 0 Å². The fraction of sp³-hybridized carbons (Fsp3) is 0.600. The molecule has 0 radical (unpaired) electrons. The van der Waals surface area contributed by atoms with Gasteiger partial charge in [0.2, 0.25) is 5.91 Å². The molecule has 1 aliphatic rings. The van der Waals surface area contributed by atoms with E-state index in [9.17, 15) is 9.59 Å². The third-order valence-electron chi connectivity index (χ3n) is 4.08. The van der Waals surface area contributed by atoms with Crippen molar-refractivity contribution in [1.29, 1.82) is 0 Å². The van der Waals surface area contributed by atoms with Crippen LogP contribution in [0.4, 0.5) is 0 Å². The topological polar surface area (TPSA) is 88.6 Å². The van der Waals surface area contributed by atoms with Crippen molar-refractivity contribution in [3.05, 3.63) is 23.2 Å². The lowest BCUT2D eigenvalue weighted by molar-refractivity contribution is -0.131. The van der Waals surface area contributed by atoms with Crippen molar-refractivity contribution in [3.63, 3.8) is 0 Å². The molecule has 1 aliphatic heterocycles. The summed E-state index contributed by atoms with van der Waals surface area (Å²) in [7, 11) is 0. The fourth-order valence-corrected chi connectivity index (χ4v) is 2.56. The summed E-state index contributed by atoms with van der Waals surface area (Å²) in [5.74, 6) is 5.61. The number of hydrazine groups is 1. The van der Waals surface area contributed by atoms with E-state index in [1.54, 1.807) is 17.9 Å². The minimum atomic E-state index is -0.456. The number of carbonyl (C=O) groups is 2. The summed E-state index contributed by atoms with van der Waals surface area (Å²) in [5, 5.41) is 0. The second-order valence-corrected chi connectivity index (χ2v) is 6.43. The molecule has 0 aliphatic carbocycles. The van der Waals surface area contributed by atoms with Gasteiger partial charge in [-0.1, -0.05) is 13.8 Å². The molecule has 1 aromatic heterocycles. The standard InChI is InChI=1S/C15H23N3O3/c1-10-8-11(21-13(10)14(20)17-16)9-18-7-6-15(2,3)5-4-12(18)19/h8H,4-7,9,16H2,1-3H3,(H,17,20). The summed E-state index contributed by atoms with van der Waals surface area (Å²) < 4.78 is 5.53. The molecule has 0 unspecified atom stereocenters. The number of carbonyl (C=O) groups excluding carboxylic acids is 2. The minimum absolute atomic E-state index is 0.138. The number of nitrogens with one attached hydrogen (secondary N) is 1. The minimum Gasteiger partial charge on any atom is -0.454 e. The fourth-order valence-electron chi connectivity index (χ4n) is 2.56. The van der Waals surface area contributed by atoms with Crippen LogP contribution < -0.4 is 11.3 Å². The highest BCUT2D eigenvalue weighted by molar-refractivity contribution is 5.92. The van der Waals surface area contributed by atoms with E-state index in [-0.39, 0.29) is 17.1 Å². The van der Waals surface area contributed by atoms with Crippen LogP contribution in [0.5, 0.6) is 0 Å². The lowest BCUT2D eigenvalue weighted by atomic mass is 9.85. The van der Waals surface area contributed by atoms with Crippen molar-refractivity contribution >= 4 is 11.8 Å². The smallest absolute Gasteiger partial charge is 0.301 e. The number of hydrogen-bond acceptors (Lipinski definition) is 4. The highest BCUT2D eigenvalue weighted by Gasteiger charge is 2.28. The SMILES string of the molecule is Cc1cc(CN2CCC(C)(C)CCC2=O)oc1C(=O)NN. The summed E-state index contributed by atoms with van der Waals surface area (Å²) >= 11 is 0. The number of furan rings is 1. The Kier molecular flexibility index (Phi) is 4.37. The van der Waals surface area contributed by atoms with Gasteiger partial charge in [-0.3, -0.25) is 15.0 Å². The molecule has 1 fully saturated rings. The first kappa shape index (κ1) is 15.6. The number of rotatable bonds is 3. The van der Waals surface area contributed by atoms with Gasteiger partial charge in [-0.05, 0) is 31.2 Å². The number of amides is 2. The molecule has 6 heteroatoms. The molecule has 0 bridgehead atoms. The van der Waals surface area contributed by atoms with Crippen LogP contribution >= 0.6 is 0 Å². The van der Waals surface area contributed by atoms with Crippen molar-refractivity contribution < 1.29 is 14.0 Å². The second kappa shape index (κ2) is 5.89. The Morgan fingerprint density at radius 2 is 2.19 bits per heavy atom. The van der Waals surface area contributed by atoms with E-state index < -0.39 is 5.91 Å². The summed E-state index contributed by atoms with van der Waals surface area (Å²) in [6.07, 6.45) is 2.43. The molecule has 0 atom stereocenters. The van der Waals surface area contributed by atoms with Gasteiger partial charge in [0.05, 0.1) is 6.54 Å². The predicted molar refractivity (Wildman–Crippen MR) is 78.1 cm³/mol. The lowest BCUT2D eigenvalue weighted by Crippen LogP contribution is -2.30. The molecule has 116 valence electrons. The van der Waals surface area contributed by atoms with Crippen LogP contribution in [0.1, 0.15) is 55.0 Å². The first-order valence-electron chi connectivity index (χ1n) is 7.20. The molecule has 2 amide bonds. The molecule has 6 nitrogen and oxygen atoms in total. The Morgan fingerprint density at radius 3 is 2.86 bits per heavy atom. The molecule has 0 aromatic carbocycles. The molecule has 0 spiro atoms. The van der Waals surface area contributed by atoms with E-state index in [0.29, 0.717) is 25.3 Å². The Hall–Kier alpha value is -1.82. The van der Waals surface area contributed by atoms with Gasteiger partial charge in [-0.25, -0.2) is 5.84 Å². The number of likely N-dealkylation sites (tertiary alicyclic amines) is 1. The summed E-state index contributed by atoms with van der Waals surface area (Å²) in [5.41, 5.74) is 2.96.